The number of carbonyl (C=O) groups excluding carboxylic acids is 2. The van der Waals surface area contributed by atoms with E-state index in [9.17, 15) is 19.8 Å². The number of carbonyl (C=O) groups is 2. The molecule has 2 rings (SSSR count). The second kappa shape index (κ2) is 4.62. The van der Waals surface area contributed by atoms with Crippen molar-refractivity contribution in [3.63, 3.8) is 0 Å². The lowest BCUT2D eigenvalue weighted by atomic mass is 10.1. The zero-order valence-electron chi connectivity index (χ0n) is 8.99. The predicted octanol–water partition coefficient (Wildman–Crippen LogP) is -1.13. The fourth-order valence-corrected chi connectivity index (χ4v) is 1.40. The molecule has 0 spiro atoms. The molecule has 0 atom stereocenters. The van der Waals surface area contributed by atoms with Crippen molar-refractivity contribution >= 4 is 11.9 Å². The van der Waals surface area contributed by atoms with Gasteiger partial charge in [-0.15, -0.1) is 0 Å². The van der Waals surface area contributed by atoms with Crippen LogP contribution in [0, 0.1) is 0 Å². The van der Waals surface area contributed by atoms with Crippen LogP contribution < -0.4 is 10.2 Å². The van der Waals surface area contributed by atoms with Crippen molar-refractivity contribution in [1.82, 2.24) is 9.97 Å². The Balaban J connectivity index is 2.48. The van der Waals surface area contributed by atoms with Crippen molar-refractivity contribution in [2.24, 2.45) is 0 Å². The molecule has 0 unspecified atom stereocenters. The summed E-state index contributed by atoms with van der Waals surface area (Å²) in [6.45, 7) is 0. The van der Waals surface area contributed by atoms with Crippen LogP contribution in [0.4, 0.5) is 0 Å². The number of pyridine rings is 2. The minimum absolute atomic E-state index is 0.0550. The van der Waals surface area contributed by atoms with Crippen molar-refractivity contribution < 1.29 is 19.8 Å². The van der Waals surface area contributed by atoms with Gasteiger partial charge in [-0.05, 0) is 24.3 Å². The monoisotopic (exact) mass is 242 g/mol. The highest BCUT2D eigenvalue weighted by Crippen LogP contribution is 2.16. The Kier molecular flexibility index (Phi) is 3.01. The number of nitrogens with zero attached hydrogens (tertiary/aromatic N) is 2. The largest absolute Gasteiger partial charge is 0.545 e. The Labute approximate surface area is 102 Å². The van der Waals surface area contributed by atoms with Gasteiger partial charge in [-0.25, -0.2) is 0 Å². The van der Waals surface area contributed by atoms with Gasteiger partial charge in [0.15, 0.2) is 0 Å². The lowest BCUT2D eigenvalue weighted by Gasteiger charge is -2.07. The Hall–Kier alpha value is -2.76. The molecule has 0 saturated carbocycles. The molecule has 6 heteroatoms. The third-order valence-corrected chi connectivity index (χ3v) is 2.25. The van der Waals surface area contributed by atoms with Gasteiger partial charge in [0, 0.05) is 23.5 Å². The van der Waals surface area contributed by atoms with E-state index in [-0.39, 0.29) is 22.5 Å². The topological polar surface area (TPSA) is 106 Å². The molecule has 18 heavy (non-hydrogen) atoms. The summed E-state index contributed by atoms with van der Waals surface area (Å²) in [5.41, 5.74) is 0.390. The molecule has 0 bridgehead atoms. The molecule has 0 fully saturated rings. The van der Waals surface area contributed by atoms with Crippen molar-refractivity contribution in [3.05, 3.63) is 47.8 Å². The third kappa shape index (κ3) is 2.32. The lowest BCUT2D eigenvalue weighted by molar-refractivity contribution is -0.256. The number of rotatable bonds is 3. The average Bonchev–Trinajstić information content (AvgIpc) is 2.39. The second-order valence-electron chi connectivity index (χ2n) is 3.43. The fraction of sp³-hybridized carbons (Fsp3) is 0. The SMILES string of the molecule is O=C([O-])c1ccnc(-c2cc(C(=O)[O-])ccn2)c1. The van der Waals surface area contributed by atoms with Crippen LogP contribution in [0.15, 0.2) is 36.7 Å². The van der Waals surface area contributed by atoms with E-state index < -0.39 is 11.9 Å². The van der Waals surface area contributed by atoms with Crippen LogP contribution in [0.5, 0.6) is 0 Å². The molecule has 0 aliphatic heterocycles. The van der Waals surface area contributed by atoms with E-state index in [1.807, 2.05) is 0 Å². The number of aromatic carboxylic acids is 2. The number of carboxylic acids is 2. The van der Waals surface area contributed by atoms with Gasteiger partial charge in [-0.2, -0.15) is 0 Å². The van der Waals surface area contributed by atoms with Gasteiger partial charge in [0.2, 0.25) is 0 Å². The molecule has 0 radical (unpaired) electrons. The van der Waals surface area contributed by atoms with E-state index in [1.165, 1.54) is 36.7 Å². The maximum absolute atomic E-state index is 10.7. The summed E-state index contributed by atoms with van der Waals surface area (Å²) in [5.74, 6) is -2.68. The van der Waals surface area contributed by atoms with Gasteiger partial charge in [0.1, 0.15) is 0 Å². The molecule has 0 aromatic carbocycles. The van der Waals surface area contributed by atoms with Gasteiger partial charge < -0.3 is 19.8 Å². The summed E-state index contributed by atoms with van der Waals surface area (Å²) >= 11 is 0. The van der Waals surface area contributed by atoms with Crippen LogP contribution in [0.25, 0.3) is 11.4 Å². The van der Waals surface area contributed by atoms with E-state index >= 15 is 0 Å². The first kappa shape index (κ1) is 11.7. The number of carboxylic acid groups (broad SMARTS) is 2. The summed E-state index contributed by atoms with van der Waals surface area (Å²) in [5, 5.41) is 21.4. The van der Waals surface area contributed by atoms with Crippen LogP contribution in [0.2, 0.25) is 0 Å². The minimum atomic E-state index is -1.34. The first-order chi connectivity index (χ1) is 8.58. The third-order valence-electron chi connectivity index (χ3n) is 2.25. The fourth-order valence-electron chi connectivity index (χ4n) is 1.40. The molecular weight excluding hydrogens is 236 g/mol. The molecule has 2 aromatic heterocycles. The quantitative estimate of drug-likeness (QED) is 0.674. The van der Waals surface area contributed by atoms with Gasteiger partial charge in [-0.3, -0.25) is 9.97 Å². The first-order valence-corrected chi connectivity index (χ1v) is 4.93. The maximum atomic E-state index is 10.7. The normalized spacial score (nSPS) is 10.0. The van der Waals surface area contributed by atoms with E-state index in [4.69, 9.17) is 0 Å². The molecule has 2 heterocycles. The summed E-state index contributed by atoms with van der Waals surface area (Å²) in [4.78, 5) is 29.2. The Morgan fingerprint density at radius 3 is 1.56 bits per heavy atom. The van der Waals surface area contributed by atoms with Crippen LogP contribution in [0.1, 0.15) is 20.7 Å². The van der Waals surface area contributed by atoms with E-state index in [1.54, 1.807) is 0 Å². The van der Waals surface area contributed by atoms with Crippen molar-refractivity contribution in [1.29, 1.82) is 0 Å². The van der Waals surface area contributed by atoms with Crippen LogP contribution in [0.3, 0.4) is 0 Å². The second-order valence-corrected chi connectivity index (χ2v) is 3.43. The lowest BCUT2D eigenvalue weighted by Crippen LogP contribution is -2.22. The zero-order valence-corrected chi connectivity index (χ0v) is 8.99. The van der Waals surface area contributed by atoms with Crippen molar-refractivity contribution in [2.45, 2.75) is 0 Å². The number of hydrogen-bond donors (Lipinski definition) is 0. The van der Waals surface area contributed by atoms with Crippen LogP contribution >= 0.6 is 0 Å². The molecular formula is C12H6N2O4-2. The Bertz CT molecular complexity index is 569. The van der Waals surface area contributed by atoms with E-state index in [0.29, 0.717) is 0 Å². The molecule has 0 amide bonds. The minimum Gasteiger partial charge on any atom is -0.545 e. The zero-order chi connectivity index (χ0) is 13.1. The van der Waals surface area contributed by atoms with Gasteiger partial charge in [0.25, 0.3) is 0 Å². The van der Waals surface area contributed by atoms with Crippen molar-refractivity contribution in [3.8, 4) is 11.4 Å². The average molecular weight is 242 g/mol. The summed E-state index contributed by atoms with van der Waals surface area (Å²) in [6, 6.07) is 5.08. The Morgan fingerprint density at radius 1 is 0.833 bits per heavy atom. The van der Waals surface area contributed by atoms with Crippen molar-refractivity contribution in [2.75, 3.05) is 0 Å². The van der Waals surface area contributed by atoms with Crippen LogP contribution in [-0.4, -0.2) is 21.9 Å². The molecule has 0 aliphatic carbocycles. The highest BCUT2D eigenvalue weighted by atomic mass is 16.4. The highest BCUT2D eigenvalue weighted by Gasteiger charge is 2.04. The van der Waals surface area contributed by atoms with Crippen LogP contribution in [-0.2, 0) is 0 Å². The summed E-state index contributed by atoms with van der Waals surface area (Å²) in [7, 11) is 0. The molecule has 6 nitrogen and oxygen atoms in total. The van der Waals surface area contributed by atoms with E-state index in [2.05, 4.69) is 9.97 Å². The number of hydrogen-bond acceptors (Lipinski definition) is 6. The number of aromatic nitrogens is 2. The molecule has 0 N–H and O–H groups in total. The molecule has 0 aliphatic rings. The maximum Gasteiger partial charge on any atom is 0.0892 e. The van der Waals surface area contributed by atoms with Gasteiger partial charge in [-0.1, -0.05) is 0 Å². The first-order valence-electron chi connectivity index (χ1n) is 4.93. The van der Waals surface area contributed by atoms with Gasteiger partial charge >= 0.3 is 0 Å². The highest BCUT2D eigenvalue weighted by molar-refractivity contribution is 5.88. The smallest absolute Gasteiger partial charge is 0.0892 e. The Morgan fingerprint density at radius 2 is 1.22 bits per heavy atom. The van der Waals surface area contributed by atoms with E-state index in [0.717, 1.165) is 0 Å². The molecule has 90 valence electrons. The standard InChI is InChI=1S/C12H8N2O4/c15-11(16)7-1-3-13-9(5-7)10-6-8(12(17)18)2-4-14-10/h1-6H,(H,15,16)(H,17,18)/p-2. The summed E-state index contributed by atoms with van der Waals surface area (Å²) < 4.78 is 0. The molecule has 0 saturated heterocycles. The molecule has 2 aromatic rings. The predicted molar refractivity (Wildman–Crippen MR) is 56.1 cm³/mol. The van der Waals surface area contributed by atoms with Gasteiger partial charge in [0.05, 0.1) is 23.3 Å². The summed E-state index contributed by atoms with van der Waals surface area (Å²) in [6.07, 6.45) is 2.57.